The number of carbonyl (C=O) groups is 1. The van der Waals surface area contributed by atoms with E-state index in [1.165, 1.54) is 0 Å². The van der Waals surface area contributed by atoms with Crippen LogP contribution in [0.5, 0.6) is 0 Å². The standard InChI is InChI=1S/C9H8F3NO3/c1-16-6(14)2-4-7(15)5(8(10)11)3-13-9(4)12/h3,8H,2H2,1H3,(H,13,15). The topological polar surface area (TPSA) is 59.2 Å². The fourth-order valence-electron chi connectivity index (χ4n) is 1.10. The number of nitrogens with one attached hydrogen (secondary N) is 1. The first-order valence-corrected chi connectivity index (χ1v) is 4.22. The van der Waals surface area contributed by atoms with Crippen molar-refractivity contribution in [2.45, 2.75) is 12.8 Å². The van der Waals surface area contributed by atoms with Gasteiger partial charge in [-0.25, -0.2) is 8.78 Å². The smallest absolute Gasteiger partial charge is 0.310 e. The monoisotopic (exact) mass is 235 g/mol. The molecule has 0 saturated carbocycles. The number of aromatic nitrogens is 1. The van der Waals surface area contributed by atoms with Crippen molar-refractivity contribution >= 4 is 5.97 Å². The molecule has 1 N–H and O–H groups in total. The highest BCUT2D eigenvalue weighted by Crippen LogP contribution is 2.15. The van der Waals surface area contributed by atoms with Gasteiger partial charge in [-0.2, -0.15) is 4.39 Å². The van der Waals surface area contributed by atoms with E-state index in [4.69, 9.17) is 0 Å². The van der Waals surface area contributed by atoms with Crippen LogP contribution in [-0.2, 0) is 16.0 Å². The maximum absolute atomic E-state index is 13.1. The summed E-state index contributed by atoms with van der Waals surface area (Å²) >= 11 is 0. The first-order valence-electron chi connectivity index (χ1n) is 4.22. The van der Waals surface area contributed by atoms with E-state index in [0.29, 0.717) is 6.20 Å². The molecule has 16 heavy (non-hydrogen) atoms. The minimum Gasteiger partial charge on any atom is -0.469 e. The van der Waals surface area contributed by atoms with E-state index in [9.17, 15) is 22.8 Å². The summed E-state index contributed by atoms with van der Waals surface area (Å²) in [4.78, 5) is 24.0. The normalized spacial score (nSPS) is 10.6. The number of alkyl halides is 2. The summed E-state index contributed by atoms with van der Waals surface area (Å²) in [5.41, 5.74) is -2.71. The molecule has 1 rings (SSSR count). The highest BCUT2D eigenvalue weighted by Gasteiger charge is 2.20. The van der Waals surface area contributed by atoms with E-state index < -0.39 is 41.3 Å². The zero-order valence-corrected chi connectivity index (χ0v) is 8.22. The number of esters is 1. The molecule has 0 saturated heterocycles. The van der Waals surface area contributed by atoms with E-state index in [2.05, 4.69) is 4.74 Å². The largest absolute Gasteiger partial charge is 0.469 e. The minimum atomic E-state index is -3.03. The van der Waals surface area contributed by atoms with Crippen molar-refractivity contribution in [1.29, 1.82) is 0 Å². The number of hydrogen-bond donors (Lipinski definition) is 1. The van der Waals surface area contributed by atoms with Crippen LogP contribution < -0.4 is 5.43 Å². The molecule has 0 aliphatic heterocycles. The van der Waals surface area contributed by atoms with Gasteiger partial charge in [-0.05, 0) is 0 Å². The Kier molecular flexibility index (Phi) is 3.70. The average Bonchev–Trinajstić information content (AvgIpc) is 2.23. The first-order chi connectivity index (χ1) is 7.47. The molecule has 0 fully saturated rings. The summed E-state index contributed by atoms with van der Waals surface area (Å²) in [6.07, 6.45) is -3.12. The zero-order chi connectivity index (χ0) is 12.3. The molecule has 0 atom stereocenters. The van der Waals surface area contributed by atoms with Gasteiger partial charge in [0.25, 0.3) is 6.43 Å². The fraction of sp³-hybridized carbons (Fsp3) is 0.333. The van der Waals surface area contributed by atoms with Crippen molar-refractivity contribution in [2.24, 2.45) is 0 Å². The molecule has 0 aliphatic rings. The molecule has 88 valence electrons. The summed E-state index contributed by atoms with van der Waals surface area (Å²) in [5.74, 6) is -1.99. The third kappa shape index (κ3) is 2.41. The van der Waals surface area contributed by atoms with Gasteiger partial charge in [-0.3, -0.25) is 9.59 Å². The minimum absolute atomic E-state index is 0.586. The lowest BCUT2D eigenvalue weighted by Crippen LogP contribution is -2.21. The van der Waals surface area contributed by atoms with Gasteiger partial charge >= 0.3 is 5.97 Å². The predicted molar refractivity (Wildman–Crippen MR) is 47.7 cm³/mol. The highest BCUT2D eigenvalue weighted by molar-refractivity contribution is 5.72. The van der Waals surface area contributed by atoms with E-state index in [1.54, 1.807) is 0 Å². The number of methoxy groups -OCH3 is 1. The van der Waals surface area contributed by atoms with Gasteiger partial charge in [-0.1, -0.05) is 0 Å². The van der Waals surface area contributed by atoms with E-state index in [0.717, 1.165) is 7.11 Å². The Morgan fingerprint density at radius 1 is 1.56 bits per heavy atom. The molecular weight excluding hydrogens is 227 g/mol. The maximum atomic E-state index is 13.1. The zero-order valence-electron chi connectivity index (χ0n) is 8.22. The second kappa shape index (κ2) is 4.82. The second-order valence-electron chi connectivity index (χ2n) is 2.92. The number of aromatic amines is 1. The highest BCUT2D eigenvalue weighted by atomic mass is 19.3. The average molecular weight is 235 g/mol. The molecule has 0 amide bonds. The number of rotatable bonds is 3. The fourth-order valence-corrected chi connectivity index (χ4v) is 1.10. The Morgan fingerprint density at radius 2 is 2.19 bits per heavy atom. The van der Waals surface area contributed by atoms with Crippen molar-refractivity contribution in [2.75, 3.05) is 7.11 Å². The van der Waals surface area contributed by atoms with Crippen molar-refractivity contribution in [3.63, 3.8) is 0 Å². The Labute approximate surface area is 88.0 Å². The Hall–Kier alpha value is -1.79. The van der Waals surface area contributed by atoms with Gasteiger partial charge in [0.15, 0.2) is 11.4 Å². The first kappa shape index (κ1) is 12.3. The number of hydrogen-bond acceptors (Lipinski definition) is 3. The van der Waals surface area contributed by atoms with Crippen LogP contribution in [0.25, 0.3) is 0 Å². The number of H-pyrrole nitrogens is 1. The lowest BCUT2D eigenvalue weighted by atomic mass is 10.1. The lowest BCUT2D eigenvalue weighted by molar-refractivity contribution is -0.139. The number of pyridine rings is 1. The van der Waals surface area contributed by atoms with Crippen LogP contribution >= 0.6 is 0 Å². The van der Waals surface area contributed by atoms with Crippen LogP contribution in [0.1, 0.15) is 17.6 Å². The van der Waals surface area contributed by atoms with Crippen molar-refractivity contribution < 1.29 is 22.7 Å². The summed E-state index contributed by atoms with van der Waals surface area (Å²) in [6.45, 7) is 0. The second-order valence-corrected chi connectivity index (χ2v) is 2.92. The van der Waals surface area contributed by atoms with Gasteiger partial charge < -0.3 is 9.72 Å². The number of carbonyl (C=O) groups excluding carboxylic acids is 1. The van der Waals surface area contributed by atoms with Crippen LogP contribution in [0.2, 0.25) is 0 Å². The maximum Gasteiger partial charge on any atom is 0.310 e. The lowest BCUT2D eigenvalue weighted by Gasteiger charge is -2.04. The summed E-state index contributed by atoms with van der Waals surface area (Å²) in [6, 6.07) is 0. The Morgan fingerprint density at radius 3 is 2.69 bits per heavy atom. The van der Waals surface area contributed by atoms with Crippen LogP contribution in [0, 0.1) is 5.95 Å². The number of ether oxygens (including phenoxy) is 1. The summed E-state index contributed by atoms with van der Waals surface area (Å²) in [5, 5.41) is 0. The summed E-state index contributed by atoms with van der Waals surface area (Å²) in [7, 11) is 1.05. The molecule has 0 spiro atoms. The molecule has 0 unspecified atom stereocenters. The Bertz CT molecular complexity index is 456. The van der Waals surface area contributed by atoms with E-state index >= 15 is 0 Å². The van der Waals surface area contributed by atoms with Gasteiger partial charge in [0, 0.05) is 6.20 Å². The third-order valence-electron chi connectivity index (χ3n) is 1.94. The quantitative estimate of drug-likeness (QED) is 0.631. The number of halogens is 3. The third-order valence-corrected chi connectivity index (χ3v) is 1.94. The molecule has 1 aromatic heterocycles. The van der Waals surface area contributed by atoms with Gasteiger partial charge in [0.2, 0.25) is 0 Å². The molecular formula is C9H8F3NO3. The van der Waals surface area contributed by atoms with Crippen molar-refractivity contribution in [1.82, 2.24) is 4.98 Å². The Balaban J connectivity index is 3.22. The molecule has 1 aromatic rings. The molecule has 7 heteroatoms. The van der Waals surface area contributed by atoms with Crippen LogP contribution in [0.4, 0.5) is 13.2 Å². The molecule has 0 aliphatic carbocycles. The molecule has 1 heterocycles. The van der Waals surface area contributed by atoms with Crippen LogP contribution in [-0.4, -0.2) is 18.1 Å². The van der Waals surface area contributed by atoms with Crippen LogP contribution in [0.3, 0.4) is 0 Å². The van der Waals surface area contributed by atoms with Gasteiger partial charge in [0.05, 0.1) is 24.7 Å². The molecule has 0 radical (unpaired) electrons. The van der Waals surface area contributed by atoms with E-state index in [1.807, 2.05) is 4.98 Å². The van der Waals surface area contributed by atoms with Gasteiger partial charge in [0.1, 0.15) is 0 Å². The molecule has 4 nitrogen and oxygen atoms in total. The molecule has 0 bridgehead atoms. The van der Waals surface area contributed by atoms with Crippen LogP contribution in [0.15, 0.2) is 11.0 Å². The SMILES string of the molecule is COC(=O)Cc1c(F)[nH]cc(C(F)F)c1=O. The predicted octanol–water partition coefficient (Wildman–Crippen LogP) is 1.17. The van der Waals surface area contributed by atoms with E-state index in [-0.39, 0.29) is 0 Å². The van der Waals surface area contributed by atoms with Gasteiger partial charge in [-0.15, -0.1) is 0 Å². The summed E-state index contributed by atoms with van der Waals surface area (Å²) < 4.78 is 41.9. The van der Waals surface area contributed by atoms with Crippen molar-refractivity contribution in [3.8, 4) is 0 Å². The van der Waals surface area contributed by atoms with Crippen molar-refractivity contribution in [3.05, 3.63) is 33.5 Å². The molecule has 0 aromatic carbocycles.